The van der Waals surface area contributed by atoms with Crippen LogP contribution in [0, 0.1) is 5.92 Å². The summed E-state index contributed by atoms with van der Waals surface area (Å²) in [7, 11) is -3.25. The normalized spacial score (nSPS) is 21.7. The lowest BCUT2D eigenvalue weighted by molar-refractivity contribution is 0.442. The van der Waals surface area contributed by atoms with Crippen LogP contribution in [0.3, 0.4) is 0 Å². The molecule has 0 aromatic carbocycles. The molecule has 2 aromatic rings. The minimum atomic E-state index is -3.25. The standard InChI is InChI=1S/C15H23N5O3S/c1-4-6-10-7-20(8-11(10)19-24(3,21)22)14-13-15(17-9-16-14)23-12(5-2)18-13/h9-11,19H,4-8H2,1-3H3/t10-,11-/m1/s1. The maximum Gasteiger partial charge on any atom is 0.252 e. The Hall–Kier alpha value is -1.74. The Kier molecular flexibility index (Phi) is 4.73. The lowest BCUT2D eigenvalue weighted by Crippen LogP contribution is -2.40. The average molecular weight is 353 g/mol. The maximum absolute atomic E-state index is 11.7. The zero-order chi connectivity index (χ0) is 17.3. The van der Waals surface area contributed by atoms with Crippen LogP contribution >= 0.6 is 0 Å². The number of hydrogen-bond donors (Lipinski definition) is 1. The summed E-state index contributed by atoms with van der Waals surface area (Å²) in [4.78, 5) is 15.1. The molecule has 0 amide bonds. The third-order valence-electron chi connectivity index (χ3n) is 4.29. The summed E-state index contributed by atoms with van der Waals surface area (Å²) in [5.74, 6) is 1.58. The molecule has 2 aromatic heterocycles. The van der Waals surface area contributed by atoms with Crippen LogP contribution in [0.15, 0.2) is 10.7 Å². The van der Waals surface area contributed by atoms with Gasteiger partial charge in [-0.2, -0.15) is 4.98 Å². The van der Waals surface area contributed by atoms with Crippen LogP contribution in [-0.4, -0.2) is 48.8 Å². The highest BCUT2D eigenvalue weighted by Crippen LogP contribution is 2.30. The van der Waals surface area contributed by atoms with Gasteiger partial charge in [-0.15, -0.1) is 0 Å². The first kappa shape index (κ1) is 17.1. The van der Waals surface area contributed by atoms with E-state index < -0.39 is 10.0 Å². The molecule has 3 rings (SSSR count). The molecule has 1 aliphatic rings. The molecule has 3 heterocycles. The van der Waals surface area contributed by atoms with Gasteiger partial charge in [0.2, 0.25) is 10.0 Å². The van der Waals surface area contributed by atoms with Crippen molar-refractivity contribution in [1.29, 1.82) is 0 Å². The topological polar surface area (TPSA) is 101 Å². The van der Waals surface area contributed by atoms with Gasteiger partial charge in [0, 0.05) is 25.6 Å². The summed E-state index contributed by atoms with van der Waals surface area (Å²) in [5.41, 5.74) is 1.12. The van der Waals surface area contributed by atoms with E-state index in [0.29, 0.717) is 35.9 Å². The average Bonchev–Trinajstić information content (AvgIpc) is 3.09. The molecule has 0 saturated carbocycles. The zero-order valence-corrected chi connectivity index (χ0v) is 15.0. The fraction of sp³-hybridized carbons (Fsp3) is 0.667. The Labute approximate surface area is 141 Å². The molecule has 1 aliphatic heterocycles. The lowest BCUT2D eigenvalue weighted by Gasteiger charge is -2.17. The Morgan fingerprint density at radius 1 is 1.33 bits per heavy atom. The summed E-state index contributed by atoms with van der Waals surface area (Å²) in [6.07, 6.45) is 5.31. The van der Waals surface area contributed by atoms with Gasteiger partial charge in [-0.25, -0.2) is 23.1 Å². The number of nitrogens with zero attached hydrogens (tertiary/aromatic N) is 4. The van der Waals surface area contributed by atoms with Gasteiger partial charge in [-0.3, -0.25) is 0 Å². The van der Waals surface area contributed by atoms with E-state index in [9.17, 15) is 8.42 Å². The third-order valence-corrected chi connectivity index (χ3v) is 5.02. The van der Waals surface area contributed by atoms with Crippen LogP contribution in [0.1, 0.15) is 32.6 Å². The number of oxazole rings is 1. The highest BCUT2D eigenvalue weighted by Gasteiger charge is 2.35. The molecule has 2 atom stereocenters. The molecule has 8 nitrogen and oxygen atoms in total. The van der Waals surface area contributed by atoms with Gasteiger partial charge in [0.25, 0.3) is 5.71 Å². The molecule has 1 N–H and O–H groups in total. The second-order valence-electron chi connectivity index (χ2n) is 6.26. The number of aryl methyl sites for hydroxylation is 1. The van der Waals surface area contributed by atoms with E-state index in [2.05, 4.69) is 31.5 Å². The van der Waals surface area contributed by atoms with Crippen LogP contribution in [0.2, 0.25) is 0 Å². The minimum absolute atomic E-state index is 0.123. The molecular formula is C15H23N5O3S. The fourth-order valence-electron chi connectivity index (χ4n) is 3.28. The minimum Gasteiger partial charge on any atom is -0.422 e. The van der Waals surface area contributed by atoms with Gasteiger partial charge in [0.05, 0.1) is 6.26 Å². The van der Waals surface area contributed by atoms with Crippen LogP contribution in [-0.2, 0) is 16.4 Å². The summed E-state index contributed by atoms with van der Waals surface area (Å²) in [6.45, 7) is 5.38. The maximum atomic E-state index is 11.7. The molecule has 0 unspecified atom stereocenters. The van der Waals surface area contributed by atoms with Gasteiger partial charge in [0.15, 0.2) is 17.2 Å². The van der Waals surface area contributed by atoms with Crippen molar-refractivity contribution in [3.05, 3.63) is 12.2 Å². The second kappa shape index (κ2) is 6.64. The molecule has 9 heteroatoms. The molecule has 1 fully saturated rings. The molecule has 0 spiro atoms. The van der Waals surface area contributed by atoms with Crippen molar-refractivity contribution in [1.82, 2.24) is 19.7 Å². The second-order valence-corrected chi connectivity index (χ2v) is 8.04. The van der Waals surface area contributed by atoms with E-state index in [1.807, 2.05) is 6.92 Å². The number of sulfonamides is 1. The van der Waals surface area contributed by atoms with Gasteiger partial charge in [0.1, 0.15) is 6.33 Å². The smallest absolute Gasteiger partial charge is 0.252 e. The van der Waals surface area contributed by atoms with Crippen molar-refractivity contribution < 1.29 is 12.8 Å². The molecule has 0 bridgehead atoms. The van der Waals surface area contributed by atoms with E-state index in [1.165, 1.54) is 12.6 Å². The van der Waals surface area contributed by atoms with Crippen molar-refractivity contribution in [2.24, 2.45) is 5.92 Å². The van der Waals surface area contributed by atoms with Crippen molar-refractivity contribution >= 4 is 27.1 Å². The highest BCUT2D eigenvalue weighted by atomic mass is 32.2. The first-order valence-corrected chi connectivity index (χ1v) is 10.1. The molecule has 0 aliphatic carbocycles. The van der Waals surface area contributed by atoms with E-state index in [-0.39, 0.29) is 12.0 Å². The molecule has 0 radical (unpaired) electrons. The first-order chi connectivity index (χ1) is 11.4. The van der Waals surface area contributed by atoms with Gasteiger partial charge < -0.3 is 9.32 Å². The van der Waals surface area contributed by atoms with Gasteiger partial charge in [-0.05, 0) is 12.3 Å². The number of aromatic nitrogens is 3. The highest BCUT2D eigenvalue weighted by molar-refractivity contribution is 7.88. The number of anilines is 1. The van der Waals surface area contributed by atoms with Crippen molar-refractivity contribution in [3.63, 3.8) is 0 Å². The van der Waals surface area contributed by atoms with Crippen molar-refractivity contribution in [2.75, 3.05) is 24.2 Å². The van der Waals surface area contributed by atoms with Crippen LogP contribution in [0.5, 0.6) is 0 Å². The Morgan fingerprint density at radius 2 is 2.12 bits per heavy atom. The Bertz CT molecular complexity index is 820. The quantitative estimate of drug-likeness (QED) is 0.836. The number of nitrogens with one attached hydrogen (secondary N) is 1. The largest absolute Gasteiger partial charge is 0.422 e. The summed E-state index contributed by atoms with van der Waals surface area (Å²) >= 11 is 0. The Balaban J connectivity index is 1.91. The van der Waals surface area contributed by atoms with Crippen molar-refractivity contribution in [2.45, 2.75) is 39.2 Å². The molecule has 1 saturated heterocycles. The van der Waals surface area contributed by atoms with Crippen LogP contribution in [0.4, 0.5) is 5.82 Å². The summed E-state index contributed by atoms with van der Waals surface area (Å²) in [6, 6.07) is -0.123. The van der Waals surface area contributed by atoms with E-state index in [4.69, 9.17) is 4.42 Å². The van der Waals surface area contributed by atoms with Crippen LogP contribution in [0.25, 0.3) is 11.2 Å². The monoisotopic (exact) mass is 353 g/mol. The summed E-state index contributed by atoms with van der Waals surface area (Å²) in [5, 5.41) is 0. The van der Waals surface area contributed by atoms with Gasteiger partial charge >= 0.3 is 0 Å². The molecule has 132 valence electrons. The van der Waals surface area contributed by atoms with E-state index >= 15 is 0 Å². The molecule has 24 heavy (non-hydrogen) atoms. The van der Waals surface area contributed by atoms with E-state index in [0.717, 1.165) is 19.4 Å². The van der Waals surface area contributed by atoms with Gasteiger partial charge in [-0.1, -0.05) is 20.3 Å². The zero-order valence-electron chi connectivity index (χ0n) is 14.2. The molecular weight excluding hydrogens is 330 g/mol. The lowest BCUT2D eigenvalue weighted by atomic mass is 9.99. The predicted octanol–water partition coefficient (Wildman–Crippen LogP) is 1.33. The number of fused-ring (bicyclic) bond motifs is 1. The Morgan fingerprint density at radius 3 is 2.79 bits per heavy atom. The van der Waals surface area contributed by atoms with Crippen molar-refractivity contribution in [3.8, 4) is 0 Å². The van der Waals surface area contributed by atoms with E-state index in [1.54, 1.807) is 0 Å². The SMILES string of the molecule is CCC[C@@H]1CN(c2ncnc3oc(CC)nc23)C[C@H]1NS(C)(=O)=O. The first-order valence-electron chi connectivity index (χ1n) is 8.24. The fourth-order valence-corrected chi connectivity index (χ4v) is 4.10. The predicted molar refractivity (Wildman–Crippen MR) is 91.4 cm³/mol. The van der Waals surface area contributed by atoms with Crippen LogP contribution < -0.4 is 9.62 Å². The number of hydrogen-bond acceptors (Lipinski definition) is 7. The third kappa shape index (κ3) is 3.51. The number of rotatable bonds is 6. The summed E-state index contributed by atoms with van der Waals surface area (Å²) < 4.78 is 31.7.